The van der Waals surface area contributed by atoms with Crippen molar-refractivity contribution in [2.45, 2.75) is 45.6 Å². The highest BCUT2D eigenvalue weighted by atomic mass is 16.3. The van der Waals surface area contributed by atoms with Crippen molar-refractivity contribution < 1.29 is 4.42 Å². The number of aromatic nitrogens is 1. The summed E-state index contributed by atoms with van der Waals surface area (Å²) in [6.07, 6.45) is 6.32. The first kappa shape index (κ1) is 14.5. The summed E-state index contributed by atoms with van der Waals surface area (Å²) in [6.45, 7) is 8.03. The largest absolute Gasteiger partial charge is 0.449 e. The molecule has 4 heteroatoms. The van der Waals surface area contributed by atoms with E-state index in [2.05, 4.69) is 29.0 Å². The Balaban J connectivity index is 1.80. The topological polar surface area (TPSA) is 41.3 Å². The monoisotopic (exact) mass is 265 g/mol. The number of likely N-dealkylation sites (tertiary alicyclic amines) is 1. The van der Waals surface area contributed by atoms with Crippen LogP contribution in [-0.4, -0.2) is 42.6 Å². The molecule has 1 atom stereocenters. The molecule has 1 unspecified atom stereocenters. The van der Waals surface area contributed by atoms with Gasteiger partial charge >= 0.3 is 0 Å². The number of piperidine rings is 1. The molecule has 1 aliphatic rings. The first-order valence-corrected chi connectivity index (χ1v) is 7.54. The van der Waals surface area contributed by atoms with Crippen molar-refractivity contribution in [3.63, 3.8) is 0 Å². The number of oxazole rings is 1. The summed E-state index contributed by atoms with van der Waals surface area (Å²) in [5, 5.41) is 3.23. The molecule has 1 fully saturated rings. The Morgan fingerprint density at radius 1 is 1.47 bits per heavy atom. The normalized spacial score (nSPS) is 19.7. The van der Waals surface area contributed by atoms with Gasteiger partial charge in [0.15, 0.2) is 5.89 Å². The fraction of sp³-hybridized carbons (Fsp3) is 0.800. The Kier molecular flexibility index (Phi) is 5.40. The fourth-order valence-electron chi connectivity index (χ4n) is 2.71. The van der Waals surface area contributed by atoms with Crippen molar-refractivity contribution >= 4 is 0 Å². The van der Waals surface area contributed by atoms with Crippen LogP contribution < -0.4 is 5.32 Å². The van der Waals surface area contributed by atoms with Crippen LogP contribution in [0, 0.1) is 5.92 Å². The van der Waals surface area contributed by atoms with Gasteiger partial charge in [0, 0.05) is 18.9 Å². The highest BCUT2D eigenvalue weighted by Gasteiger charge is 2.20. The van der Waals surface area contributed by atoms with Crippen molar-refractivity contribution in [2.24, 2.45) is 5.92 Å². The van der Waals surface area contributed by atoms with Crippen LogP contribution in [0.15, 0.2) is 10.7 Å². The number of nitrogens with one attached hydrogen (secondary N) is 1. The summed E-state index contributed by atoms with van der Waals surface area (Å²) in [7, 11) is 1.98. The van der Waals surface area contributed by atoms with Gasteiger partial charge in [-0.2, -0.15) is 0 Å². The third kappa shape index (κ3) is 4.32. The zero-order valence-electron chi connectivity index (χ0n) is 12.5. The van der Waals surface area contributed by atoms with Crippen LogP contribution in [0.3, 0.4) is 0 Å². The summed E-state index contributed by atoms with van der Waals surface area (Å²) in [4.78, 5) is 7.13. The van der Waals surface area contributed by atoms with Crippen LogP contribution in [-0.2, 0) is 12.8 Å². The predicted octanol–water partition coefficient (Wildman–Crippen LogP) is 2.10. The smallest absolute Gasteiger partial charge is 0.194 e. The molecule has 0 saturated carbocycles. The van der Waals surface area contributed by atoms with Crippen LogP contribution in [0.2, 0.25) is 0 Å². The molecule has 0 aliphatic carbocycles. The zero-order valence-corrected chi connectivity index (χ0v) is 12.5. The van der Waals surface area contributed by atoms with Gasteiger partial charge in [0.05, 0.1) is 5.69 Å². The van der Waals surface area contributed by atoms with Gasteiger partial charge in [-0.15, -0.1) is 0 Å². The number of hydrogen-bond acceptors (Lipinski definition) is 4. The predicted molar refractivity (Wildman–Crippen MR) is 77.3 cm³/mol. The Morgan fingerprint density at radius 2 is 2.21 bits per heavy atom. The molecular weight excluding hydrogens is 238 g/mol. The van der Waals surface area contributed by atoms with E-state index in [1.54, 1.807) is 0 Å². The summed E-state index contributed by atoms with van der Waals surface area (Å²) >= 11 is 0. The minimum absolute atomic E-state index is 0.450. The summed E-state index contributed by atoms with van der Waals surface area (Å²) in [6, 6.07) is 0.450. The van der Waals surface area contributed by atoms with E-state index < -0.39 is 0 Å². The number of likely N-dealkylation sites (N-methyl/N-ethyl adjacent to an activating group) is 1. The Morgan fingerprint density at radius 3 is 2.84 bits per heavy atom. The second-order valence-corrected chi connectivity index (χ2v) is 5.71. The van der Waals surface area contributed by atoms with E-state index in [1.165, 1.54) is 32.5 Å². The van der Waals surface area contributed by atoms with Gasteiger partial charge in [-0.05, 0) is 52.4 Å². The van der Waals surface area contributed by atoms with E-state index in [9.17, 15) is 0 Å². The lowest BCUT2D eigenvalue weighted by atomic mass is 9.93. The second-order valence-electron chi connectivity index (χ2n) is 5.71. The molecule has 1 N–H and O–H groups in total. The molecule has 1 saturated heterocycles. The van der Waals surface area contributed by atoms with E-state index in [4.69, 9.17) is 4.42 Å². The van der Waals surface area contributed by atoms with E-state index in [0.29, 0.717) is 6.04 Å². The van der Waals surface area contributed by atoms with E-state index in [-0.39, 0.29) is 0 Å². The molecule has 1 aromatic rings. The van der Waals surface area contributed by atoms with Crippen molar-refractivity contribution in [1.29, 1.82) is 0 Å². The first-order chi connectivity index (χ1) is 9.21. The van der Waals surface area contributed by atoms with Gasteiger partial charge in [0.1, 0.15) is 6.26 Å². The van der Waals surface area contributed by atoms with Crippen LogP contribution in [0.5, 0.6) is 0 Å². The van der Waals surface area contributed by atoms with Crippen molar-refractivity contribution in [1.82, 2.24) is 15.2 Å². The Hall–Kier alpha value is -0.870. The Bertz CT molecular complexity index is 369. The maximum Gasteiger partial charge on any atom is 0.194 e. The maximum absolute atomic E-state index is 5.61. The molecule has 1 aliphatic heterocycles. The Labute approximate surface area is 116 Å². The molecule has 4 nitrogen and oxygen atoms in total. The molecule has 2 rings (SSSR count). The summed E-state index contributed by atoms with van der Waals surface area (Å²) < 4.78 is 5.61. The molecule has 0 bridgehead atoms. The van der Waals surface area contributed by atoms with Gasteiger partial charge in [-0.25, -0.2) is 4.98 Å². The number of hydrogen-bond donors (Lipinski definition) is 1. The average molecular weight is 265 g/mol. The van der Waals surface area contributed by atoms with Crippen LogP contribution in [0.25, 0.3) is 0 Å². The average Bonchev–Trinajstić information content (AvgIpc) is 2.86. The fourth-order valence-corrected chi connectivity index (χ4v) is 2.71. The van der Waals surface area contributed by atoms with Crippen molar-refractivity contribution in [3.8, 4) is 0 Å². The highest BCUT2D eigenvalue weighted by molar-refractivity contribution is 4.99. The molecule has 0 spiro atoms. The molecule has 0 radical (unpaired) electrons. The molecule has 108 valence electrons. The minimum Gasteiger partial charge on any atom is -0.449 e. The third-order valence-corrected chi connectivity index (χ3v) is 4.23. The first-order valence-electron chi connectivity index (χ1n) is 7.54. The molecular formula is C15H27N3O. The molecule has 2 heterocycles. The molecule has 0 aromatic carbocycles. The molecule has 1 aromatic heterocycles. The van der Waals surface area contributed by atoms with E-state index in [1.807, 2.05) is 13.3 Å². The third-order valence-electron chi connectivity index (χ3n) is 4.23. The summed E-state index contributed by atoms with van der Waals surface area (Å²) in [5.74, 6) is 1.67. The summed E-state index contributed by atoms with van der Waals surface area (Å²) in [5.41, 5.74) is 1.07. The SMILES string of the molecule is CCN1CCC(Cc2nc(CC(C)NC)co2)CC1. The lowest BCUT2D eigenvalue weighted by Gasteiger charge is -2.30. The number of rotatable bonds is 6. The molecule has 0 amide bonds. The standard InChI is InChI=1S/C15H27N3O/c1-4-18-7-5-13(6-8-18)10-15-17-14(11-19-15)9-12(2)16-3/h11-13,16H,4-10H2,1-3H3. The van der Waals surface area contributed by atoms with E-state index >= 15 is 0 Å². The van der Waals surface area contributed by atoms with Gasteiger partial charge in [-0.3, -0.25) is 0 Å². The minimum atomic E-state index is 0.450. The molecule has 19 heavy (non-hydrogen) atoms. The lowest BCUT2D eigenvalue weighted by Crippen LogP contribution is -2.34. The van der Waals surface area contributed by atoms with Gasteiger partial charge < -0.3 is 14.6 Å². The highest BCUT2D eigenvalue weighted by Crippen LogP contribution is 2.21. The van der Waals surface area contributed by atoms with Crippen LogP contribution in [0.1, 0.15) is 38.3 Å². The van der Waals surface area contributed by atoms with Crippen molar-refractivity contribution in [3.05, 3.63) is 17.8 Å². The van der Waals surface area contributed by atoms with Gasteiger partial charge in [-0.1, -0.05) is 6.92 Å². The van der Waals surface area contributed by atoms with Crippen molar-refractivity contribution in [2.75, 3.05) is 26.7 Å². The van der Waals surface area contributed by atoms with Crippen LogP contribution >= 0.6 is 0 Å². The zero-order chi connectivity index (χ0) is 13.7. The quantitative estimate of drug-likeness (QED) is 0.855. The van der Waals surface area contributed by atoms with E-state index in [0.717, 1.165) is 30.3 Å². The lowest BCUT2D eigenvalue weighted by molar-refractivity contribution is 0.187. The number of nitrogens with zero attached hydrogens (tertiary/aromatic N) is 2. The van der Waals surface area contributed by atoms with Gasteiger partial charge in [0.2, 0.25) is 0 Å². The second kappa shape index (κ2) is 7.06. The van der Waals surface area contributed by atoms with Crippen LogP contribution in [0.4, 0.5) is 0 Å². The van der Waals surface area contributed by atoms with Gasteiger partial charge in [0.25, 0.3) is 0 Å². The maximum atomic E-state index is 5.61.